The number of carbonyl (C=O) groups is 1. The summed E-state index contributed by atoms with van der Waals surface area (Å²) in [5.41, 5.74) is 0.537. The first-order valence-electron chi connectivity index (χ1n) is 6.73. The normalized spacial score (nSPS) is 13.0. The summed E-state index contributed by atoms with van der Waals surface area (Å²) in [6, 6.07) is 4.90. The van der Waals surface area contributed by atoms with E-state index in [1.807, 2.05) is 0 Å². The first-order chi connectivity index (χ1) is 11.3. The molecule has 9 nitrogen and oxygen atoms in total. The molecule has 3 rings (SSSR count). The fraction of sp³-hybridized carbons (Fsp3) is 0.308. The van der Waals surface area contributed by atoms with Gasteiger partial charge in [-0.05, 0) is 17.7 Å². The Balaban J connectivity index is 1.78. The Morgan fingerprint density at radius 2 is 2.12 bits per heavy atom. The SMILES string of the molecule is CN(CC(=O)O)c1nsc(S(=O)(=O)Cc2ccc3c(c2)OCO3)n1. The molecule has 0 unspecified atom stereocenters. The lowest BCUT2D eigenvalue weighted by molar-refractivity contribution is -0.135. The van der Waals surface area contributed by atoms with E-state index >= 15 is 0 Å². The molecule has 0 bridgehead atoms. The van der Waals surface area contributed by atoms with Crippen LogP contribution in [0, 0.1) is 0 Å². The highest BCUT2D eigenvalue weighted by atomic mass is 32.2. The predicted molar refractivity (Wildman–Crippen MR) is 84.3 cm³/mol. The van der Waals surface area contributed by atoms with Crippen LogP contribution in [0.1, 0.15) is 5.56 Å². The minimum absolute atomic E-state index is 0.0617. The van der Waals surface area contributed by atoms with Crippen LogP contribution in [0.15, 0.2) is 22.5 Å². The minimum atomic E-state index is -3.70. The van der Waals surface area contributed by atoms with Gasteiger partial charge in [0.25, 0.3) is 0 Å². The van der Waals surface area contributed by atoms with E-state index in [1.54, 1.807) is 18.2 Å². The number of nitrogens with zero attached hydrogens (tertiary/aromatic N) is 3. The molecule has 2 heterocycles. The van der Waals surface area contributed by atoms with Crippen molar-refractivity contribution in [2.75, 3.05) is 25.3 Å². The Bertz CT molecular complexity index is 880. The van der Waals surface area contributed by atoms with Crippen molar-refractivity contribution in [2.45, 2.75) is 10.1 Å². The molecule has 1 N–H and O–H groups in total. The summed E-state index contributed by atoms with van der Waals surface area (Å²) >= 11 is 0.717. The number of aromatic nitrogens is 2. The third-order valence-corrected chi connectivity index (χ3v) is 5.99. The number of anilines is 1. The second kappa shape index (κ2) is 6.24. The number of aliphatic carboxylic acids is 1. The highest BCUT2D eigenvalue weighted by molar-refractivity contribution is 7.92. The average Bonchev–Trinajstić information content (AvgIpc) is 3.15. The largest absolute Gasteiger partial charge is 0.480 e. The van der Waals surface area contributed by atoms with Crippen molar-refractivity contribution in [1.82, 2.24) is 9.36 Å². The van der Waals surface area contributed by atoms with Crippen LogP contribution < -0.4 is 14.4 Å². The smallest absolute Gasteiger partial charge is 0.323 e. The van der Waals surface area contributed by atoms with Gasteiger partial charge in [-0.15, -0.1) is 0 Å². The first-order valence-corrected chi connectivity index (χ1v) is 9.15. The second-order valence-corrected chi connectivity index (χ2v) is 7.97. The van der Waals surface area contributed by atoms with Crippen LogP contribution in [0.2, 0.25) is 0 Å². The maximum atomic E-state index is 12.5. The topological polar surface area (TPSA) is 119 Å². The van der Waals surface area contributed by atoms with Crippen molar-refractivity contribution in [3.63, 3.8) is 0 Å². The Hall–Kier alpha value is -2.40. The zero-order valence-corrected chi connectivity index (χ0v) is 14.1. The van der Waals surface area contributed by atoms with Gasteiger partial charge in [0.1, 0.15) is 6.54 Å². The Morgan fingerprint density at radius 3 is 2.88 bits per heavy atom. The third kappa shape index (κ3) is 3.41. The summed E-state index contributed by atoms with van der Waals surface area (Å²) < 4.78 is 39.1. The first kappa shape index (κ1) is 16.5. The molecule has 1 aliphatic heterocycles. The molecule has 1 aromatic heterocycles. The molecule has 0 saturated carbocycles. The van der Waals surface area contributed by atoms with Gasteiger partial charge in [-0.25, -0.2) is 8.42 Å². The van der Waals surface area contributed by atoms with Gasteiger partial charge in [-0.2, -0.15) is 9.36 Å². The number of fused-ring (bicyclic) bond motifs is 1. The van der Waals surface area contributed by atoms with Crippen molar-refractivity contribution in [2.24, 2.45) is 0 Å². The standard InChI is InChI=1S/C13H13N3O6S2/c1-16(5-11(17)18)12-14-13(23-15-12)24(19,20)6-8-2-3-9-10(4-8)22-7-21-9/h2-4H,5-7H2,1H3,(H,17,18). The Morgan fingerprint density at radius 1 is 1.38 bits per heavy atom. The maximum Gasteiger partial charge on any atom is 0.323 e. The van der Waals surface area contributed by atoms with Gasteiger partial charge >= 0.3 is 5.97 Å². The highest BCUT2D eigenvalue weighted by Crippen LogP contribution is 2.33. The number of rotatable bonds is 6. The van der Waals surface area contributed by atoms with Gasteiger partial charge in [0.15, 0.2) is 11.5 Å². The summed E-state index contributed by atoms with van der Waals surface area (Å²) in [6.07, 6.45) is 0. The molecule has 0 spiro atoms. The molecule has 0 aliphatic carbocycles. The van der Waals surface area contributed by atoms with Gasteiger partial charge < -0.3 is 19.5 Å². The summed E-state index contributed by atoms with van der Waals surface area (Å²) in [5.74, 6) is -0.184. The van der Waals surface area contributed by atoms with E-state index in [0.29, 0.717) is 28.6 Å². The summed E-state index contributed by atoms with van der Waals surface area (Å²) in [4.78, 5) is 15.9. The lowest BCUT2D eigenvalue weighted by Crippen LogP contribution is -2.26. The monoisotopic (exact) mass is 371 g/mol. The summed E-state index contributed by atoms with van der Waals surface area (Å²) in [7, 11) is -2.22. The van der Waals surface area contributed by atoms with E-state index in [4.69, 9.17) is 14.6 Å². The van der Waals surface area contributed by atoms with Crippen LogP contribution in [0.4, 0.5) is 5.95 Å². The van der Waals surface area contributed by atoms with Crippen molar-refractivity contribution >= 4 is 33.3 Å². The van der Waals surface area contributed by atoms with Gasteiger partial charge in [0.05, 0.1) is 5.75 Å². The Labute approximate surface area is 141 Å². The highest BCUT2D eigenvalue weighted by Gasteiger charge is 2.24. The third-order valence-electron chi connectivity index (χ3n) is 3.17. The van der Waals surface area contributed by atoms with Crippen LogP contribution in [0.25, 0.3) is 0 Å². The summed E-state index contributed by atoms with van der Waals surface area (Å²) in [6.45, 7) is -0.209. The Kier molecular flexibility index (Phi) is 4.28. The molecule has 0 amide bonds. The molecule has 1 aliphatic rings. The molecule has 1 aromatic carbocycles. The molecular weight excluding hydrogens is 358 g/mol. The van der Waals surface area contributed by atoms with Crippen LogP contribution in [0.5, 0.6) is 11.5 Å². The van der Waals surface area contributed by atoms with E-state index in [2.05, 4.69) is 9.36 Å². The number of hydrogen-bond donors (Lipinski definition) is 1. The van der Waals surface area contributed by atoms with Gasteiger partial charge in [-0.1, -0.05) is 6.07 Å². The van der Waals surface area contributed by atoms with Crippen LogP contribution >= 0.6 is 11.5 Å². The predicted octanol–water partition coefficient (Wildman–Crippen LogP) is 0.762. The number of hydrogen-bond acceptors (Lipinski definition) is 9. The van der Waals surface area contributed by atoms with Crippen LogP contribution in [-0.2, 0) is 20.4 Å². The fourth-order valence-electron chi connectivity index (χ4n) is 2.07. The number of likely N-dealkylation sites (N-methyl/N-ethyl adjacent to an activating group) is 1. The summed E-state index contributed by atoms with van der Waals surface area (Å²) in [5, 5.41) is 8.75. The van der Waals surface area contributed by atoms with Gasteiger partial charge in [0.2, 0.25) is 26.9 Å². The average molecular weight is 371 g/mol. The molecule has 24 heavy (non-hydrogen) atoms. The van der Waals surface area contributed by atoms with E-state index in [9.17, 15) is 13.2 Å². The van der Waals surface area contributed by atoms with Crippen LogP contribution in [-0.4, -0.2) is 49.2 Å². The number of carboxylic acid groups (broad SMARTS) is 1. The quantitative estimate of drug-likeness (QED) is 0.785. The van der Waals surface area contributed by atoms with Gasteiger partial charge in [0, 0.05) is 18.6 Å². The van der Waals surface area contributed by atoms with Crippen molar-refractivity contribution < 1.29 is 27.8 Å². The van der Waals surface area contributed by atoms with E-state index < -0.39 is 15.8 Å². The zero-order valence-electron chi connectivity index (χ0n) is 12.5. The molecule has 0 fully saturated rings. The van der Waals surface area contributed by atoms with Crippen molar-refractivity contribution in [3.05, 3.63) is 23.8 Å². The lowest BCUT2D eigenvalue weighted by atomic mass is 10.2. The molecule has 128 valence electrons. The minimum Gasteiger partial charge on any atom is -0.480 e. The molecular formula is C13H13N3O6S2. The molecule has 0 saturated heterocycles. The van der Waals surface area contributed by atoms with Crippen molar-refractivity contribution in [1.29, 1.82) is 0 Å². The van der Waals surface area contributed by atoms with E-state index in [1.165, 1.54) is 11.9 Å². The molecule has 0 radical (unpaired) electrons. The van der Waals surface area contributed by atoms with E-state index in [0.717, 1.165) is 0 Å². The number of carboxylic acids is 1. The van der Waals surface area contributed by atoms with Crippen molar-refractivity contribution in [3.8, 4) is 11.5 Å². The van der Waals surface area contributed by atoms with Gasteiger partial charge in [-0.3, -0.25) is 4.79 Å². The number of benzene rings is 1. The molecule has 11 heteroatoms. The fourth-order valence-corrected chi connectivity index (χ4v) is 4.24. The maximum absolute atomic E-state index is 12.5. The molecule has 0 atom stereocenters. The number of ether oxygens (including phenoxy) is 2. The van der Waals surface area contributed by atoms with E-state index in [-0.39, 0.29) is 29.4 Å². The van der Waals surface area contributed by atoms with Crippen LogP contribution in [0.3, 0.4) is 0 Å². The lowest BCUT2D eigenvalue weighted by Gasteiger charge is -2.10. The zero-order chi connectivity index (χ0) is 17.3. The second-order valence-electron chi connectivity index (χ2n) is 5.06. The number of sulfone groups is 1. The molecule has 2 aromatic rings.